The summed E-state index contributed by atoms with van der Waals surface area (Å²) in [5, 5.41) is 25.4. The van der Waals surface area contributed by atoms with Crippen LogP contribution in [0.15, 0.2) is 85.3 Å². The summed E-state index contributed by atoms with van der Waals surface area (Å²) in [7, 11) is 0. The molecular weight excluding hydrogens is 454 g/mol. The Kier molecular flexibility index (Phi) is 25.8. The van der Waals surface area contributed by atoms with Gasteiger partial charge in [0.15, 0.2) is 0 Å². The van der Waals surface area contributed by atoms with Crippen LogP contribution in [-0.4, -0.2) is 20.9 Å². The van der Waals surface area contributed by atoms with Gasteiger partial charge in [-0.05, 0) is 57.2 Å². The first-order valence-corrected chi connectivity index (χ1v) is 8.56. The van der Waals surface area contributed by atoms with Crippen molar-refractivity contribution in [3.63, 3.8) is 0 Å². The van der Waals surface area contributed by atoms with E-state index in [4.69, 9.17) is 20.2 Å². The molecule has 0 saturated carbocycles. The fourth-order valence-corrected chi connectivity index (χ4v) is 2.13. The Hall–Kier alpha value is -1.19. The summed E-state index contributed by atoms with van der Waals surface area (Å²) in [5.74, 6) is 0.629. The van der Waals surface area contributed by atoms with E-state index in [2.05, 4.69) is 49.6 Å². The average molecular weight is 482 g/mol. The van der Waals surface area contributed by atoms with Gasteiger partial charge in [-0.15, -0.1) is 0 Å². The van der Waals surface area contributed by atoms with E-state index >= 15 is 0 Å². The third kappa shape index (κ3) is 18.4. The van der Waals surface area contributed by atoms with Crippen molar-refractivity contribution in [2.24, 2.45) is 0 Å². The Morgan fingerprint density at radius 2 is 1.16 bits per heavy atom. The minimum Gasteiger partial charge on any atom is -1.00 e. The molecule has 164 valence electrons. The molecule has 6 nitrogen and oxygen atoms in total. The van der Waals surface area contributed by atoms with Crippen LogP contribution in [0.3, 0.4) is 0 Å². The van der Waals surface area contributed by atoms with Gasteiger partial charge in [0.2, 0.25) is 0 Å². The predicted octanol–water partition coefficient (Wildman–Crippen LogP) is -3.32. The number of hydrogen-bond donors (Lipinski definition) is 3. The van der Waals surface area contributed by atoms with Gasteiger partial charge in [0.25, 0.3) is 0 Å². The van der Waals surface area contributed by atoms with E-state index in [-0.39, 0.29) is 95.9 Å². The Bertz CT molecular complexity index is 822. The monoisotopic (exact) mass is 481 g/mol. The Balaban J connectivity index is -0.000000113. The fraction of sp³-hybridized carbons (Fsp3) is 0.130. The third-order valence-electron chi connectivity index (χ3n) is 3.33. The fourth-order valence-electron chi connectivity index (χ4n) is 2.13. The Morgan fingerprint density at radius 3 is 1.47 bits per heavy atom. The van der Waals surface area contributed by atoms with Crippen molar-refractivity contribution in [1.29, 1.82) is 0 Å². The maximum absolute atomic E-state index is 8.65. The second-order valence-electron chi connectivity index (χ2n) is 6.06. The molecule has 3 aromatic rings. The van der Waals surface area contributed by atoms with Crippen molar-refractivity contribution in [2.45, 2.75) is 20.8 Å². The van der Waals surface area contributed by atoms with Gasteiger partial charge < -0.3 is 37.7 Å². The molecule has 0 amide bonds. The first kappa shape index (κ1) is 38.1. The molecule has 0 bridgehead atoms. The van der Waals surface area contributed by atoms with Crippen LogP contribution >= 0.6 is 0 Å². The molecule has 0 heterocycles. The van der Waals surface area contributed by atoms with Gasteiger partial charge in [-0.1, -0.05) is 53.6 Å². The van der Waals surface area contributed by atoms with Crippen LogP contribution < -0.4 is 76.3 Å². The zero-order chi connectivity index (χ0) is 20.9. The molecule has 0 saturated heterocycles. The Labute approximate surface area is 241 Å². The molecule has 32 heavy (non-hydrogen) atoms. The largest absolute Gasteiger partial charge is 1.00 e. The van der Waals surface area contributed by atoms with E-state index in [1.807, 2.05) is 25.1 Å². The summed E-state index contributed by atoms with van der Waals surface area (Å²) in [6, 6.07) is 21.6. The first-order chi connectivity index (χ1) is 13.3. The SMILES string of the molecule is C=C(OO)Oc1cccc(C)c1.Cc1cccc(C)c1.Oc1cccc(O)c1.[Cl-].[H+].[Na+].[Na+].[OH-]. The summed E-state index contributed by atoms with van der Waals surface area (Å²) in [6.45, 7) is 9.45. The molecule has 0 unspecified atom stereocenters. The second-order valence-corrected chi connectivity index (χ2v) is 6.06. The van der Waals surface area contributed by atoms with Crippen LogP contribution in [0.4, 0.5) is 0 Å². The minimum atomic E-state index is -0.138. The van der Waals surface area contributed by atoms with Crippen LogP contribution in [0.5, 0.6) is 17.2 Å². The standard InChI is InChI=1S/C9H10O3.C8H10.C6H6O2.ClH.2Na.H2O/c1-7-4-3-5-9(6-7)11-8(2)12-10;1-7-4-3-5-8(2)6-7;7-5-2-1-3-6(8)4-5;;;;/h3-6,10H,2H2,1H3;3-6H,1-2H3;1-4,7-8H;1H;;;1H2/q;;;;2*+1;/p-1. The number of phenolic OH excluding ortho intramolecular Hbond substituents is 2. The van der Waals surface area contributed by atoms with Crippen molar-refractivity contribution in [2.75, 3.05) is 0 Å². The number of phenols is 2. The van der Waals surface area contributed by atoms with Gasteiger partial charge in [0.1, 0.15) is 17.2 Å². The van der Waals surface area contributed by atoms with Crippen molar-refractivity contribution in [1.82, 2.24) is 0 Å². The van der Waals surface area contributed by atoms with Gasteiger partial charge in [-0.3, -0.25) is 0 Å². The summed E-state index contributed by atoms with van der Waals surface area (Å²) >= 11 is 0. The van der Waals surface area contributed by atoms with E-state index in [9.17, 15) is 0 Å². The second kappa shape index (κ2) is 21.6. The maximum Gasteiger partial charge on any atom is 1.00 e. The molecule has 0 aliphatic carbocycles. The van der Waals surface area contributed by atoms with Crippen molar-refractivity contribution in [3.05, 3.63) is 102 Å². The summed E-state index contributed by atoms with van der Waals surface area (Å²) in [5.41, 5.74) is 3.74. The van der Waals surface area contributed by atoms with Crippen LogP contribution in [0.2, 0.25) is 0 Å². The van der Waals surface area contributed by atoms with Crippen LogP contribution in [0.1, 0.15) is 18.1 Å². The molecule has 3 rings (SSSR count). The molecule has 0 aromatic heterocycles. The molecule has 0 aliphatic heterocycles. The maximum atomic E-state index is 8.65. The number of rotatable bonds is 3. The molecule has 9 heteroatoms. The van der Waals surface area contributed by atoms with E-state index in [0.29, 0.717) is 5.75 Å². The van der Waals surface area contributed by atoms with E-state index < -0.39 is 0 Å². The van der Waals surface area contributed by atoms with E-state index in [0.717, 1.165) is 5.56 Å². The van der Waals surface area contributed by atoms with Crippen LogP contribution in [0, 0.1) is 20.8 Å². The predicted molar refractivity (Wildman–Crippen MR) is 113 cm³/mol. The van der Waals surface area contributed by atoms with Crippen LogP contribution in [0.25, 0.3) is 0 Å². The molecule has 0 radical (unpaired) electrons. The van der Waals surface area contributed by atoms with Crippen LogP contribution in [-0.2, 0) is 4.89 Å². The number of benzene rings is 3. The molecule has 0 atom stereocenters. The normalized spacial score (nSPS) is 8.00. The molecule has 0 spiro atoms. The van der Waals surface area contributed by atoms with Gasteiger partial charge in [-0.2, -0.15) is 5.26 Å². The third-order valence-corrected chi connectivity index (χ3v) is 3.33. The first-order valence-electron chi connectivity index (χ1n) is 8.56. The van der Waals surface area contributed by atoms with Gasteiger partial charge in [-0.25, -0.2) is 0 Å². The minimum absolute atomic E-state index is 0. The summed E-state index contributed by atoms with van der Waals surface area (Å²) in [4.78, 5) is 3.78. The molecule has 3 aromatic carbocycles. The summed E-state index contributed by atoms with van der Waals surface area (Å²) < 4.78 is 4.98. The average Bonchev–Trinajstić information content (AvgIpc) is 2.62. The van der Waals surface area contributed by atoms with Crippen molar-refractivity contribution >= 4 is 0 Å². The van der Waals surface area contributed by atoms with Crippen molar-refractivity contribution in [3.8, 4) is 17.2 Å². The topological polar surface area (TPSA) is 109 Å². The molecule has 0 fully saturated rings. The Morgan fingerprint density at radius 1 is 0.750 bits per heavy atom. The van der Waals surface area contributed by atoms with Crippen molar-refractivity contribution < 1.29 is 104 Å². The van der Waals surface area contributed by atoms with Gasteiger partial charge in [0, 0.05) is 6.07 Å². The number of hydrogen-bond acceptors (Lipinski definition) is 6. The van der Waals surface area contributed by atoms with E-state index in [1.165, 1.54) is 29.3 Å². The smallest absolute Gasteiger partial charge is 1.00 e. The number of aromatic hydroxyl groups is 2. The van der Waals surface area contributed by atoms with E-state index in [1.54, 1.807) is 12.1 Å². The van der Waals surface area contributed by atoms with Gasteiger partial charge >= 0.3 is 66.5 Å². The zero-order valence-electron chi connectivity index (χ0n) is 20.1. The summed E-state index contributed by atoms with van der Waals surface area (Å²) in [6.07, 6.45) is 0. The quantitative estimate of drug-likeness (QED) is 0.156. The molecule has 0 aliphatic rings. The number of aryl methyl sites for hydroxylation is 3. The molecule has 4 N–H and O–H groups in total. The number of ether oxygens (including phenoxy) is 1. The zero-order valence-corrected chi connectivity index (χ0v) is 23.9. The number of halogens is 1. The molecular formula is C23H28ClNa2O6+. The van der Waals surface area contributed by atoms with Gasteiger partial charge in [0.05, 0.1) is 0 Å².